The van der Waals surface area contributed by atoms with Crippen LogP contribution in [0.25, 0.3) is 16.9 Å². The van der Waals surface area contributed by atoms with E-state index in [2.05, 4.69) is 40.0 Å². The summed E-state index contributed by atoms with van der Waals surface area (Å²) in [6.07, 6.45) is 2.00. The van der Waals surface area contributed by atoms with Gasteiger partial charge in [0.1, 0.15) is 17.2 Å². The first-order valence-corrected chi connectivity index (χ1v) is 7.48. The Morgan fingerprint density at radius 2 is 1.95 bits per heavy atom. The van der Waals surface area contributed by atoms with Crippen molar-refractivity contribution in [2.75, 3.05) is 24.7 Å². The fourth-order valence-electron chi connectivity index (χ4n) is 2.27. The van der Waals surface area contributed by atoms with E-state index in [4.69, 9.17) is 5.73 Å². The first kappa shape index (κ1) is 13.9. The zero-order chi connectivity index (χ0) is 15.1. The smallest absolute Gasteiger partial charge is 0.139 e. The molecule has 5 heteroatoms. The molecule has 0 aliphatic carbocycles. The van der Waals surface area contributed by atoms with Gasteiger partial charge in [0.2, 0.25) is 0 Å². The van der Waals surface area contributed by atoms with Gasteiger partial charge in [0.15, 0.2) is 0 Å². The molecule has 0 saturated carbocycles. The number of hydrogen-bond acceptors (Lipinski definition) is 3. The van der Waals surface area contributed by atoms with E-state index >= 15 is 0 Å². The number of imidazole rings is 1. The molecule has 3 aromatic rings. The van der Waals surface area contributed by atoms with Gasteiger partial charge in [-0.25, -0.2) is 4.98 Å². The second-order valence-electron chi connectivity index (χ2n) is 5.32. The average molecular weight is 345 g/mol. The zero-order valence-electron chi connectivity index (χ0n) is 12.3. The lowest BCUT2D eigenvalue weighted by atomic mass is 10.1. The molecule has 0 atom stereocenters. The molecule has 0 unspecified atom stereocenters. The van der Waals surface area contributed by atoms with Crippen molar-refractivity contribution in [1.29, 1.82) is 0 Å². The van der Waals surface area contributed by atoms with Crippen molar-refractivity contribution in [2.24, 2.45) is 0 Å². The summed E-state index contributed by atoms with van der Waals surface area (Å²) >= 11 is 3.56. The molecule has 4 nitrogen and oxygen atoms in total. The van der Waals surface area contributed by atoms with Crippen molar-refractivity contribution < 1.29 is 0 Å². The van der Waals surface area contributed by atoms with Crippen LogP contribution < -0.4 is 10.6 Å². The van der Waals surface area contributed by atoms with Gasteiger partial charge in [0, 0.05) is 30.3 Å². The van der Waals surface area contributed by atoms with Crippen LogP contribution in [0.3, 0.4) is 0 Å². The van der Waals surface area contributed by atoms with Crippen molar-refractivity contribution in [2.45, 2.75) is 6.92 Å². The maximum Gasteiger partial charge on any atom is 0.139 e. The van der Waals surface area contributed by atoms with E-state index in [0.29, 0.717) is 5.82 Å². The SMILES string of the molecule is Cc1ccc(-c2nc3ccc(N(C)C)cn3c2N)cc1Br. The predicted molar refractivity (Wildman–Crippen MR) is 91.8 cm³/mol. The van der Waals surface area contributed by atoms with E-state index in [0.717, 1.165) is 27.1 Å². The van der Waals surface area contributed by atoms with E-state index < -0.39 is 0 Å². The highest BCUT2D eigenvalue weighted by atomic mass is 79.9. The van der Waals surface area contributed by atoms with Crippen molar-refractivity contribution in [3.8, 4) is 11.3 Å². The van der Waals surface area contributed by atoms with Gasteiger partial charge >= 0.3 is 0 Å². The fourth-order valence-corrected chi connectivity index (χ4v) is 2.65. The molecule has 1 aromatic carbocycles. The molecule has 3 rings (SSSR count). The monoisotopic (exact) mass is 344 g/mol. The highest BCUT2D eigenvalue weighted by Crippen LogP contribution is 2.30. The molecule has 0 radical (unpaired) electrons. The van der Waals surface area contributed by atoms with Crippen LogP contribution in [0.15, 0.2) is 41.0 Å². The maximum atomic E-state index is 6.29. The molecule has 0 fully saturated rings. The van der Waals surface area contributed by atoms with Gasteiger partial charge in [-0.15, -0.1) is 0 Å². The standard InChI is InChI=1S/C16H17BrN4/c1-10-4-5-11(8-13(10)17)15-16(18)21-9-12(20(2)3)6-7-14(21)19-15/h4-9H,18H2,1-3H3. The van der Waals surface area contributed by atoms with Crippen LogP contribution in [0.4, 0.5) is 11.5 Å². The van der Waals surface area contributed by atoms with Gasteiger partial charge in [-0.2, -0.15) is 0 Å². The third kappa shape index (κ3) is 2.38. The Balaban J connectivity index is 2.19. The van der Waals surface area contributed by atoms with Gasteiger partial charge in [-0.1, -0.05) is 28.1 Å². The first-order valence-electron chi connectivity index (χ1n) is 6.69. The summed E-state index contributed by atoms with van der Waals surface area (Å²) in [6.45, 7) is 2.06. The maximum absolute atomic E-state index is 6.29. The number of fused-ring (bicyclic) bond motifs is 1. The molecule has 0 spiro atoms. The third-order valence-corrected chi connectivity index (χ3v) is 4.46. The second-order valence-corrected chi connectivity index (χ2v) is 6.17. The summed E-state index contributed by atoms with van der Waals surface area (Å²) < 4.78 is 2.99. The fraction of sp³-hybridized carbons (Fsp3) is 0.188. The van der Waals surface area contributed by atoms with Gasteiger partial charge in [0.05, 0.1) is 5.69 Å². The van der Waals surface area contributed by atoms with Crippen molar-refractivity contribution in [3.63, 3.8) is 0 Å². The Morgan fingerprint density at radius 1 is 1.19 bits per heavy atom. The number of benzene rings is 1. The molecule has 108 valence electrons. The van der Waals surface area contributed by atoms with Crippen molar-refractivity contribution in [3.05, 3.63) is 46.6 Å². The number of hydrogen-bond donors (Lipinski definition) is 1. The highest BCUT2D eigenvalue weighted by Gasteiger charge is 2.12. The first-order chi connectivity index (χ1) is 9.97. The molecule has 2 aromatic heterocycles. The summed E-state index contributed by atoms with van der Waals surface area (Å²) in [5.41, 5.74) is 11.2. The minimum absolute atomic E-state index is 0.657. The normalized spacial score (nSPS) is 11.0. The largest absolute Gasteiger partial charge is 0.383 e. The number of rotatable bonds is 2. The molecule has 0 saturated heterocycles. The number of halogens is 1. The lowest BCUT2D eigenvalue weighted by Crippen LogP contribution is -2.09. The Labute approximate surface area is 132 Å². The second kappa shape index (κ2) is 5.07. The Morgan fingerprint density at radius 3 is 2.62 bits per heavy atom. The number of nitrogens with zero attached hydrogens (tertiary/aromatic N) is 3. The minimum Gasteiger partial charge on any atom is -0.383 e. The van der Waals surface area contributed by atoms with Crippen LogP contribution in [0.5, 0.6) is 0 Å². The van der Waals surface area contributed by atoms with Crippen molar-refractivity contribution in [1.82, 2.24) is 9.38 Å². The van der Waals surface area contributed by atoms with Gasteiger partial charge in [0.25, 0.3) is 0 Å². The average Bonchev–Trinajstić information content (AvgIpc) is 2.79. The van der Waals surface area contributed by atoms with Gasteiger partial charge < -0.3 is 10.6 Å². The predicted octanol–water partition coefficient (Wildman–Crippen LogP) is 3.72. The number of aromatic nitrogens is 2. The lowest BCUT2D eigenvalue weighted by Gasteiger charge is -2.12. The van der Waals surface area contributed by atoms with Gasteiger partial charge in [-0.3, -0.25) is 4.40 Å². The Bertz CT molecular complexity index is 821. The van der Waals surface area contributed by atoms with Crippen LogP contribution >= 0.6 is 15.9 Å². The van der Waals surface area contributed by atoms with Crippen LogP contribution in [-0.4, -0.2) is 23.5 Å². The number of anilines is 2. The molecule has 2 heterocycles. The molecule has 0 aliphatic rings. The van der Waals surface area contributed by atoms with Crippen molar-refractivity contribution >= 4 is 33.1 Å². The van der Waals surface area contributed by atoms with E-state index in [9.17, 15) is 0 Å². The molecular weight excluding hydrogens is 328 g/mol. The number of aryl methyl sites for hydroxylation is 1. The lowest BCUT2D eigenvalue weighted by molar-refractivity contribution is 1.09. The van der Waals surface area contributed by atoms with E-state index in [1.165, 1.54) is 5.56 Å². The van der Waals surface area contributed by atoms with E-state index in [-0.39, 0.29) is 0 Å². The molecule has 0 amide bonds. The minimum atomic E-state index is 0.657. The summed E-state index contributed by atoms with van der Waals surface area (Å²) in [5, 5.41) is 0. The molecule has 0 bridgehead atoms. The van der Waals surface area contributed by atoms with Crippen LogP contribution in [0, 0.1) is 6.92 Å². The topological polar surface area (TPSA) is 46.6 Å². The Kier molecular flexibility index (Phi) is 3.37. The van der Waals surface area contributed by atoms with Gasteiger partial charge in [-0.05, 0) is 30.7 Å². The quantitative estimate of drug-likeness (QED) is 0.770. The number of pyridine rings is 1. The number of nitrogen functional groups attached to an aromatic ring is 1. The molecule has 0 aliphatic heterocycles. The zero-order valence-corrected chi connectivity index (χ0v) is 13.8. The summed E-state index contributed by atoms with van der Waals surface area (Å²) in [4.78, 5) is 6.70. The van der Waals surface area contributed by atoms with E-state index in [1.807, 2.05) is 47.8 Å². The van der Waals surface area contributed by atoms with E-state index in [1.54, 1.807) is 0 Å². The summed E-state index contributed by atoms with van der Waals surface area (Å²) in [5.74, 6) is 0.657. The van der Waals surface area contributed by atoms with Crippen LogP contribution in [0.1, 0.15) is 5.56 Å². The summed E-state index contributed by atoms with van der Waals surface area (Å²) in [7, 11) is 4.01. The summed E-state index contributed by atoms with van der Waals surface area (Å²) in [6, 6.07) is 10.2. The van der Waals surface area contributed by atoms with Crippen LogP contribution in [-0.2, 0) is 0 Å². The molecule has 2 N–H and O–H groups in total. The number of nitrogens with two attached hydrogens (primary N) is 1. The highest BCUT2D eigenvalue weighted by molar-refractivity contribution is 9.10. The van der Waals surface area contributed by atoms with Crippen LogP contribution in [0.2, 0.25) is 0 Å². The molecular formula is C16H17BrN4. The Hall–Kier alpha value is -2.01. The molecule has 21 heavy (non-hydrogen) atoms. The third-order valence-electron chi connectivity index (χ3n) is 3.60.